The topological polar surface area (TPSA) is 65.7 Å². The summed E-state index contributed by atoms with van der Waals surface area (Å²) in [5, 5.41) is 19.3. The van der Waals surface area contributed by atoms with Crippen molar-refractivity contribution in [1.29, 1.82) is 0 Å². The Morgan fingerprint density at radius 3 is 2.65 bits per heavy atom. The fourth-order valence-electron chi connectivity index (χ4n) is 2.07. The molecule has 5 heteroatoms. The summed E-state index contributed by atoms with van der Waals surface area (Å²) in [5.41, 5.74) is 4.27. The highest BCUT2D eigenvalue weighted by atomic mass is 32.2. The minimum Gasteiger partial charge on any atom is -0.505 e. The van der Waals surface area contributed by atoms with Crippen molar-refractivity contribution in [2.75, 3.05) is 12.3 Å². The number of rotatable bonds is 7. The van der Waals surface area contributed by atoms with E-state index in [1.807, 2.05) is 11.8 Å². The van der Waals surface area contributed by atoms with Crippen molar-refractivity contribution in [2.24, 2.45) is 4.99 Å². The zero-order chi connectivity index (χ0) is 16.7. The molecule has 0 spiro atoms. The van der Waals surface area contributed by atoms with Gasteiger partial charge < -0.3 is 10.2 Å². The van der Waals surface area contributed by atoms with Gasteiger partial charge in [0.1, 0.15) is 5.75 Å². The maximum Gasteiger partial charge on any atom is 0.145 e. The monoisotopic (exact) mass is 330 g/mol. The lowest BCUT2D eigenvalue weighted by Gasteiger charge is -2.07. The number of aliphatic hydroxyl groups is 1. The highest BCUT2D eigenvalue weighted by Gasteiger charge is 2.08. The van der Waals surface area contributed by atoms with Crippen LogP contribution in [0.3, 0.4) is 0 Å². The van der Waals surface area contributed by atoms with Crippen LogP contribution in [0.25, 0.3) is 0 Å². The van der Waals surface area contributed by atoms with E-state index in [4.69, 9.17) is 0 Å². The number of thioether (sulfide) groups is 1. The molecule has 0 saturated carbocycles. The predicted molar refractivity (Wildman–Crippen MR) is 96.4 cm³/mol. The number of hydrogen-bond donors (Lipinski definition) is 2. The van der Waals surface area contributed by atoms with Gasteiger partial charge in [-0.1, -0.05) is 29.8 Å². The van der Waals surface area contributed by atoms with Gasteiger partial charge in [-0.2, -0.15) is 11.8 Å². The number of aromatic nitrogens is 1. The second kappa shape index (κ2) is 8.70. The quantitative estimate of drug-likeness (QED) is 0.604. The Morgan fingerprint density at radius 2 is 1.96 bits per heavy atom. The van der Waals surface area contributed by atoms with Gasteiger partial charge in [0.25, 0.3) is 0 Å². The molecule has 4 nitrogen and oxygen atoms in total. The largest absolute Gasteiger partial charge is 0.505 e. The number of benzene rings is 1. The number of aliphatic hydroxyl groups excluding tert-OH is 1. The lowest BCUT2D eigenvalue weighted by Crippen LogP contribution is -1.99. The zero-order valence-electron chi connectivity index (χ0n) is 13.5. The minimum absolute atomic E-state index is 0.0904. The molecule has 23 heavy (non-hydrogen) atoms. The van der Waals surface area contributed by atoms with E-state index in [1.54, 1.807) is 19.3 Å². The van der Waals surface area contributed by atoms with Crippen molar-refractivity contribution in [1.82, 2.24) is 4.98 Å². The third-order valence-corrected chi connectivity index (χ3v) is 4.51. The van der Waals surface area contributed by atoms with Crippen LogP contribution in [0.2, 0.25) is 0 Å². The van der Waals surface area contributed by atoms with Crippen LogP contribution in [0.15, 0.2) is 35.5 Å². The predicted octanol–water partition coefficient (Wildman–Crippen LogP) is 3.25. The first kappa shape index (κ1) is 17.5. The molecule has 2 aromatic rings. The molecule has 0 atom stereocenters. The van der Waals surface area contributed by atoms with E-state index >= 15 is 0 Å². The summed E-state index contributed by atoms with van der Waals surface area (Å²) in [6.07, 6.45) is 3.20. The Bertz CT molecular complexity index is 669. The van der Waals surface area contributed by atoms with Gasteiger partial charge in [0.05, 0.1) is 12.3 Å². The average Bonchev–Trinajstić information content (AvgIpc) is 2.56. The molecule has 0 aliphatic heterocycles. The second-order valence-electron chi connectivity index (χ2n) is 5.36. The summed E-state index contributed by atoms with van der Waals surface area (Å²) in [6.45, 7) is 4.32. The molecule has 0 unspecified atom stereocenters. The molecular weight excluding hydrogens is 308 g/mol. The Kier molecular flexibility index (Phi) is 6.62. The number of aromatic hydroxyl groups is 1. The third-order valence-electron chi connectivity index (χ3n) is 3.50. The van der Waals surface area contributed by atoms with E-state index in [1.165, 1.54) is 11.1 Å². The first-order chi connectivity index (χ1) is 11.1. The van der Waals surface area contributed by atoms with Crippen LogP contribution < -0.4 is 0 Å². The van der Waals surface area contributed by atoms with Crippen LogP contribution >= 0.6 is 11.8 Å². The normalized spacial score (nSPS) is 11.3. The minimum atomic E-state index is -0.162. The smallest absolute Gasteiger partial charge is 0.145 e. The Balaban J connectivity index is 1.83. The maximum atomic E-state index is 10.0. The fraction of sp³-hybridized carbons (Fsp3) is 0.333. The van der Waals surface area contributed by atoms with E-state index in [0.29, 0.717) is 23.4 Å². The molecule has 2 N–H and O–H groups in total. The zero-order valence-corrected chi connectivity index (χ0v) is 14.3. The summed E-state index contributed by atoms with van der Waals surface area (Å²) >= 11 is 1.83. The van der Waals surface area contributed by atoms with Crippen molar-refractivity contribution in [3.63, 3.8) is 0 Å². The maximum absolute atomic E-state index is 10.0. The highest BCUT2D eigenvalue weighted by molar-refractivity contribution is 7.98. The highest BCUT2D eigenvalue weighted by Crippen LogP contribution is 2.22. The lowest BCUT2D eigenvalue weighted by atomic mass is 10.1. The molecule has 2 rings (SSSR count). The summed E-state index contributed by atoms with van der Waals surface area (Å²) in [6, 6.07) is 8.55. The number of aryl methyl sites for hydroxylation is 2. The van der Waals surface area contributed by atoms with Gasteiger partial charge in [-0.15, -0.1) is 0 Å². The molecule has 0 saturated heterocycles. The lowest BCUT2D eigenvalue weighted by molar-refractivity contribution is 0.280. The molecule has 0 bridgehead atoms. The van der Waals surface area contributed by atoms with Crippen LogP contribution in [0.4, 0.5) is 0 Å². The molecular formula is C18H22N2O2S. The summed E-state index contributed by atoms with van der Waals surface area (Å²) in [5.74, 6) is 1.97. The number of hydrogen-bond acceptors (Lipinski definition) is 5. The van der Waals surface area contributed by atoms with E-state index in [2.05, 4.69) is 41.2 Å². The van der Waals surface area contributed by atoms with Gasteiger partial charge in [-0.25, -0.2) is 0 Å². The van der Waals surface area contributed by atoms with Gasteiger partial charge in [0.2, 0.25) is 0 Å². The molecule has 0 fully saturated rings. The number of aliphatic imine (C=N–C) groups is 1. The van der Waals surface area contributed by atoms with Crippen molar-refractivity contribution < 1.29 is 10.2 Å². The van der Waals surface area contributed by atoms with E-state index in [-0.39, 0.29) is 12.4 Å². The van der Waals surface area contributed by atoms with Gasteiger partial charge in [0.15, 0.2) is 0 Å². The molecule has 0 aliphatic carbocycles. The van der Waals surface area contributed by atoms with Crippen molar-refractivity contribution in [3.8, 4) is 5.75 Å². The summed E-state index contributed by atoms with van der Waals surface area (Å²) in [4.78, 5) is 8.38. The standard InChI is InChI=1S/C18H22N2O2S/c1-13-3-5-15(6-4-13)12-23-8-7-19-10-17-16(11-21)9-20-14(2)18(17)22/h3-6,9-10,21-22H,7-8,11-12H2,1-2H3. The molecule has 0 amide bonds. The van der Waals surface area contributed by atoms with Crippen LogP contribution in [0.1, 0.15) is 27.9 Å². The molecule has 1 heterocycles. The van der Waals surface area contributed by atoms with Crippen molar-refractivity contribution >= 4 is 18.0 Å². The fourth-order valence-corrected chi connectivity index (χ4v) is 2.88. The summed E-state index contributed by atoms with van der Waals surface area (Å²) < 4.78 is 0. The van der Waals surface area contributed by atoms with Gasteiger partial charge in [-0.05, 0) is 19.4 Å². The number of nitrogens with zero attached hydrogens (tertiary/aromatic N) is 2. The molecule has 0 radical (unpaired) electrons. The molecule has 0 aliphatic rings. The molecule has 122 valence electrons. The summed E-state index contributed by atoms with van der Waals surface area (Å²) in [7, 11) is 0. The van der Waals surface area contributed by atoms with Crippen molar-refractivity contribution in [3.05, 3.63) is 58.4 Å². The average molecular weight is 330 g/mol. The van der Waals surface area contributed by atoms with Crippen molar-refractivity contribution in [2.45, 2.75) is 26.2 Å². The van der Waals surface area contributed by atoms with Gasteiger partial charge in [0, 0.05) is 41.6 Å². The Morgan fingerprint density at radius 1 is 1.22 bits per heavy atom. The Labute approximate surface area is 141 Å². The van der Waals surface area contributed by atoms with E-state index < -0.39 is 0 Å². The number of pyridine rings is 1. The van der Waals surface area contributed by atoms with Crippen LogP contribution in [-0.4, -0.2) is 33.7 Å². The first-order valence-corrected chi connectivity index (χ1v) is 8.68. The molecule has 1 aromatic heterocycles. The third kappa shape index (κ3) is 5.08. The SMILES string of the molecule is Cc1ccc(CSCCN=Cc2c(CO)cnc(C)c2O)cc1. The molecule has 1 aromatic carbocycles. The second-order valence-corrected chi connectivity index (χ2v) is 6.47. The van der Waals surface area contributed by atoms with E-state index in [9.17, 15) is 10.2 Å². The van der Waals surface area contributed by atoms with Crippen LogP contribution in [0.5, 0.6) is 5.75 Å². The van der Waals surface area contributed by atoms with E-state index in [0.717, 1.165) is 11.5 Å². The first-order valence-electron chi connectivity index (χ1n) is 7.53. The van der Waals surface area contributed by atoms with Gasteiger partial charge in [-0.3, -0.25) is 9.98 Å². The Hall–Kier alpha value is -1.85. The van der Waals surface area contributed by atoms with Crippen LogP contribution in [-0.2, 0) is 12.4 Å². The van der Waals surface area contributed by atoms with Gasteiger partial charge >= 0.3 is 0 Å². The van der Waals surface area contributed by atoms with Crippen LogP contribution in [0, 0.1) is 13.8 Å².